The second-order valence-corrected chi connectivity index (χ2v) is 3.59. The Morgan fingerprint density at radius 1 is 1.82 bits per heavy atom. The molecule has 0 saturated carbocycles. The molecule has 4 heteroatoms. The largest absolute Gasteiger partial charge is 0.369 e. The van der Waals surface area contributed by atoms with Gasteiger partial charge in [0.15, 0.2) is 0 Å². The van der Waals surface area contributed by atoms with Gasteiger partial charge in [-0.3, -0.25) is 4.79 Å². The van der Waals surface area contributed by atoms with E-state index >= 15 is 0 Å². The molecule has 0 bridgehead atoms. The maximum absolute atomic E-state index is 10.8. The third kappa shape index (κ3) is 0.939. The molecule has 58 valence electrons. The van der Waals surface area contributed by atoms with Crippen molar-refractivity contribution in [2.24, 2.45) is 5.73 Å². The molecule has 1 atom stereocenters. The van der Waals surface area contributed by atoms with Gasteiger partial charge < -0.3 is 5.73 Å². The standard InChI is InChI=1S/C7H8N2OS/c8-7(10)4-1-2-5-6(4)9-3-11-5/h3-4H,1-2H2,(H2,8,10). The van der Waals surface area contributed by atoms with Crippen molar-refractivity contribution in [1.82, 2.24) is 4.98 Å². The number of aryl methyl sites for hydroxylation is 1. The van der Waals surface area contributed by atoms with Gasteiger partial charge in [-0.25, -0.2) is 4.98 Å². The van der Waals surface area contributed by atoms with Crippen LogP contribution in [-0.4, -0.2) is 10.9 Å². The molecular weight excluding hydrogens is 160 g/mol. The number of thiazole rings is 1. The van der Waals surface area contributed by atoms with Crippen LogP contribution in [0.25, 0.3) is 0 Å². The molecule has 1 heterocycles. The molecule has 0 fully saturated rings. The Balaban J connectivity index is 2.38. The molecule has 0 radical (unpaired) electrons. The molecule has 1 aromatic heterocycles. The van der Waals surface area contributed by atoms with Gasteiger partial charge in [0.2, 0.25) is 5.91 Å². The lowest BCUT2D eigenvalue weighted by molar-refractivity contribution is -0.119. The number of fused-ring (bicyclic) bond motifs is 1. The summed E-state index contributed by atoms with van der Waals surface area (Å²) in [5.74, 6) is -0.356. The van der Waals surface area contributed by atoms with Crippen LogP contribution in [0.2, 0.25) is 0 Å². The van der Waals surface area contributed by atoms with E-state index in [1.54, 1.807) is 16.8 Å². The van der Waals surface area contributed by atoms with E-state index in [9.17, 15) is 4.79 Å². The van der Waals surface area contributed by atoms with Gasteiger partial charge in [0.25, 0.3) is 0 Å². The van der Waals surface area contributed by atoms with E-state index in [1.807, 2.05) is 0 Å². The number of nitrogens with zero attached hydrogens (tertiary/aromatic N) is 1. The molecule has 0 spiro atoms. The third-order valence-electron chi connectivity index (χ3n) is 2.01. The topological polar surface area (TPSA) is 56.0 Å². The van der Waals surface area contributed by atoms with Crippen molar-refractivity contribution in [3.8, 4) is 0 Å². The van der Waals surface area contributed by atoms with Crippen molar-refractivity contribution < 1.29 is 4.79 Å². The molecule has 0 aliphatic heterocycles. The van der Waals surface area contributed by atoms with Crippen LogP contribution in [0.4, 0.5) is 0 Å². The Hall–Kier alpha value is -0.900. The zero-order valence-corrected chi connectivity index (χ0v) is 6.73. The van der Waals surface area contributed by atoms with Crippen LogP contribution in [-0.2, 0) is 11.2 Å². The molecule has 3 nitrogen and oxygen atoms in total. The number of hydrogen-bond acceptors (Lipinski definition) is 3. The number of carbonyl (C=O) groups is 1. The fourth-order valence-electron chi connectivity index (χ4n) is 1.44. The number of primary amides is 1. The Morgan fingerprint density at radius 2 is 2.64 bits per heavy atom. The van der Waals surface area contributed by atoms with Gasteiger partial charge >= 0.3 is 0 Å². The fourth-order valence-corrected chi connectivity index (χ4v) is 2.28. The molecule has 1 aliphatic carbocycles. The van der Waals surface area contributed by atoms with Crippen LogP contribution in [0.1, 0.15) is 22.9 Å². The van der Waals surface area contributed by atoms with Crippen molar-refractivity contribution >= 4 is 17.2 Å². The monoisotopic (exact) mass is 168 g/mol. The van der Waals surface area contributed by atoms with Crippen LogP contribution >= 0.6 is 11.3 Å². The Kier molecular flexibility index (Phi) is 1.42. The highest BCUT2D eigenvalue weighted by Crippen LogP contribution is 2.33. The highest BCUT2D eigenvalue weighted by atomic mass is 32.1. The summed E-state index contributed by atoms with van der Waals surface area (Å²) < 4.78 is 0. The smallest absolute Gasteiger partial charge is 0.226 e. The number of carbonyl (C=O) groups excluding carboxylic acids is 1. The van der Waals surface area contributed by atoms with Gasteiger partial charge in [-0.1, -0.05) is 0 Å². The molecule has 2 N–H and O–H groups in total. The van der Waals surface area contributed by atoms with Gasteiger partial charge in [0, 0.05) is 4.88 Å². The van der Waals surface area contributed by atoms with Gasteiger partial charge in [0.05, 0.1) is 17.1 Å². The van der Waals surface area contributed by atoms with Gasteiger partial charge in [0.1, 0.15) is 0 Å². The van der Waals surface area contributed by atoms with Crippen LogP contribution in [0.3, 0.4) is 0 Å². The van der Waals surface area contributed by atoms with Gasteiger partial charge in [-0.05, 0) is 12.8 Å². The van der Waals surface area contributed by atoms with Crippen LogP contribution in [0.5, 0.6) is 0 Å². The normalized spacial score (nSPS) is 21.6. The number of hydrogen-bond donors (Lipinski definition) is 1. The summed E-state index contributed by atoms with van der Waals surface area (Å²) in [6, 6.07) is 0. The highest BCUT2D eigenvalue weighted by Gasteiger charge is 2.29. The van der Waals surface area contributed by atoms with E-state index in [1.165, 1.54) is 4.88 Å². The molecule has 2 rings (SSSR count). The first-order chi connectivity index (χ1) is 5.29. The predicted octanol–water partition coefficient (Wildman–Crippen LogP) is 0.658. The predicted molar refractivity (Wildman–Crippen MR) is 42.4 cm³/mol. The first-order valence-electron chi connectivity index (χ1n) is 3.50. The summed E-state index contributed by atoms with van der Waals surface area (Å²) in [5, 5.41) is 0. The molecule has 1 amide bonds. The Morgan fingerprint density at radius 3 is 3.36 bits per heavy atom. The molecule has 1 aromatic rings. The van der Waals surface area contributed by atoms with Crippen molar-refractivity contribution in [1.29, 1.82) is 0 Å². The van der Waals surface area contributed by atoms with Crippen LogP contribution < -0.4 is 5.73 Å². The lowest BCUT2D eigenvalue weighted by Crippen LogP contribution is -2.19. The summed E-state index contributed by atoms with van der Waals surface area (Å²) in [4.78, 5) is 16.2. The molecule has 11 heavy (non-hydrogen) atoms. The van der Waals surface area contributed by atoms with Crippen LogP contribution in [0, 0.1) is 0 Å². The van der Waals surface area contributed by atoms with E-state index in [2.05, 4.69) is 4.98 Å². The van der Waals surface area contributed by atoms with Crippen molar-refractivity contribution in [2.75, 3.05) is 0 Å². The van der Waals surface area contributed by atoms with E-state index in [0.717, 1.165) is 18.5 Å². The molecule has 0 aromatic carbocycles. The molecular formula is C7H8N2OS. The van der Waals surface area contributed by atoms with E-state index in [-0.39, 0.29) is 11.8 Å². The number of amides is 1. The second kappa shape index (κ2) is 2.30. The number of nitrogens with two attached hydrogens (primary N) is 1. The zero-order valence-electron chi connectivity index (χ0n) is 5.91. The Labute approximate surface area is 68.2 Å². The van der Waals surface area contributed by atoms with Crippen molar-refractivity contribution in [2.45, 2.75) is 18.8 Å². The molecule has 1 aliphatic rings. The SMILES string of the molecule is NC(=O)C1CCc2scnc21. The maximum atomic E-state index is 10.8. The van der Waals surface area contributed by atoms with Gasteiger partial charge in [-0.15, -0.1) is 11.3 Å². The summed E-state index contributed by atoms with van der Waals surface area (Å²) in [6.45, 7) is 0. The lowest BCUT2D eigenvalue weighted by atomic mass is 10.1. The minimum absolute atomic E-state index is 0.115. The number of rotatable bonds is 1. The van der Waals surface area contributed by atoms with Crippen molar-refractivity contribution in [3.05, 3.63) is 16.1 Å². The van der Waals surface area contributed by atoms with Crippen LogP contribution in [0.15, 0.2) is 5.51 Å². The van der Waals surface area contributed by atoms with E-state index in [4.69, 9.17) is 5.73 Å². The van der Waals surface area contributed by atoms with Crippen molar-refractivity contribution in [3.63, 3.8) is 0 Å². The fraction of sp³-hybridized carbons (Fsp3) is 0.429. The molecule has 1 unspecified atom stereocenters. The minimum Gasteiger partial charge on any atom is -0.369 e. The summed E-state index contributed by atoms with van der Waals surface area (Å²) in [5.41, 5.74) is 7.89. The average Bonchev–Trinajstić information content (AvgIpc) is 2.41. The Bertz CT molecular complexity index is 294. The third-order valence-corrected chi connectivity index (χ3v) is 2.91. The quantitative estimate of drug-likeness (QED) is 0.669. The first kappa shape index (κ1) is 6.79. The van der Waals surface area contributed by atoms with E-state index < -0.39 is 0 Å². The zero-order chi connectivity index (χ0) is 7.84. The average molecular weight is 168 g/mol. The summed E-state index contributed by atoms with van der Waals surface area (Å²) in [7, 11) is 0. The number of aromatic nitrogens is 1. The molecule has 0 saturated heterocycles. The second-order valence-electron chi connectivity index (χ2n) is 2.65. The summed E-state index contributed by atoms with van der Waals surface area (Å²) >= 11 is 1.61. The first-order valence-corrected chi connectivity index (χ1v) is 4.38. The van der Waals surface area contributed by atoms with E-state index in [0.29, 0.717) is 0 Å². The maximum Gasteiger partial charge on any atom is 0.226 e. The lowest BCUT2D eigenvalue weighted by Gasteiger charge is -2.00. The van der Waals surface area contributed by atoms with Gasteiger partial charge in [-0.2, -0.15) is 0 Å². The highest BCUT2D eigenvalue weighted by molar-refractivity contribution is 7.09. The minimum atomic E-state index is -0.241. The summed E-state index contributed by atoms with van der Waals surface area (Å²) in [6.07, 6.45) is 1.82.